The molecule has 1 saturated heterocycles. The predicted molar refractivity (Wildman–Crippen MR) is 147 cm³/mol. The number of ether oxygens (including phenoxy) is 1. The number of piperazine rings is 1. The van der Waals surface area contributed by atoms with Crippen molar-refractivity contribution in [2.24, 2.45) is 0 Å². The van der Waals surface area contributed by atoms with Crippen LogP contribution in [0.15, 0.2) is 47.3 Å². The first kappa shape index (κ1) is 27.3. The average molecular weight is 523 g/mol. The number of nitrogens with zero attached hydrogens (tertiary/aromatic N) is 4. The summed E-state index contributed by atoms with van der Waals surface area (Å²) in [6.45, 7) is 6.81. The fraction of sp³-hybridized carbons (Fsp3) is 0.414. The number of benzene rings is 2. The van der Waals surface area contributed by atoms with E-state index >= 15 is 0 Å². The van der Waals surface area contributed by atoms with Crippen LogP contribution in [0.1, 0.15) is 39.6 Å². The third kappa shape index (κ3) is 5.72. The molecular weight excluding hydrogens is 487 g/mol. The highest BCUT2D eigenvalue weighted by atomic mass is 19.1. The minimum Gasteiger partial charge on any atom is -0.462 e. The van der Waals surface area contributed by atoms with E-state index in [0.717, 1.165) is 29.4 Å². The van der Waals surface area contributed by atoms with Crippen LogP contribution in [0.5, 0.6) is 0 Å². The van der Waals surface area contributed by atoms with Gasteiger partial charge in [0, 0.05) is 43.7 Å². The Hall–Kier alpha value is -3.72. The molecule has 0 radical (unpaired) electrons. The smallest absolute Gasteiger partial charge is 0.345 e. The Balaban J connectivity index is 1.73. The Bertz CT molecular complexity index is 1380. The van der Waals surface area contributed by atoms with Crippen molar-refractivity contribution in [3.05, 3.63) is 75.3 Å². The highest BCUT2D eigenvalue weighted by molar-refractivity contribution is 6.06. The summed E-state index contributed by atoms with van der Waals surface area (Å²) in [4.78, 5) is 45.8. The summed E-state index contributed by atoms with van der Waals surface area (Å²) < 4.78 is 20.4. The number of aromatic nitrogens is 1. The summed E-state index contributed by atoms with van der Waals surface area (Å²) in [5, 5.41) is 0.816. The van der Waals surface area contributed by atoms with Gasteiger partial charge in [0.2, 0.25) is 0 Å². The van der Waals surface area contributed by atoms with Gasteiger partial charge in [0.15, 0.2) is 0 Å². The number of anilines is 1. The summed E-state index contributed by atoms with van der Waals surface area (Å²) in [6, 6.07) is 11.4. The molecule has 2 aromatic carbocycles. The van der Waals surface area contributed by atoms with Gasteiger partial charge in [-0.1, -0.05) is 11.6 Å². The van der Waals surface area contributed by atoms with Gasteiger partial charge in [0.05, 0.1) is 17.8 Å². The fourth-order valence-corrected chi connectivity index (χ4v) is 4.95. The zero-order chi connectivity index (χ0) is 27.4. The summed E-state index contributed by atoms with van der Waals surface area (Å²) in [5.41, 5.74) is 2.44. The average Bonchev–Trinajstić information content (AvgIpc) is 2.89. The topological polar surface area (TPSA) is 75.1 Å². The van der Waals surface area contributed by atoms with Crippen LogP contribution in [0.25, 0.3) is 10.9 Å². The molecule has 0 atom stereocenters. The number of pyridine rings is 1. The largest absolute Gasteiger partial charge is 0.462 e. The molecule has 1 aliphatic heterocycles. The van der Waals surface area contributed by atoms with Crippen molar-refractivity contribution in [2.75, 3.05) is 58.3 Å². The quantitative estimate of drug-likeness (QED) is 0.422. The van der Waals surface area contributed by atoms with Gasteiger partial charge in [-0.15, -0.1) is 0 Å². The zero-order valence-electron chi connectivity index (χ0n) is 22.5. The van der Waals surface area contributed by atoms with Crippen LogP contribution in [0.3, 0.4) is 0 Å². The standard InChI is InChI=1S/C29H35FN4O4/c1-5-38-29(37)25-26(32-15-17-33(18-16-32)27(35)21-8-10-22(30)11-9-21)23-19-20(2)7-12-24(23)34(28(25)36)14-6-13-31(3)4/h7-12,19H,5-6,13-18H2,1-4H3. The van der Waals surface area contributed by atoms with Crippen molar-refractivity contribution < 1.29 is 18.7 Å². The van der Waals surface area contributed by atoms with Crippen molar-refractivity contribution in [3.8, 4) is 0 Å². The van der Waals surface area contributed by atoms with E-state index in [0.29, 0.717) is 44.0 Å². The second kappa shape index (κ2) is 11.8. The number of halogens is 1. The summed E-state index contributed by atoms with van der Waals surface area (Å²) in [5.74, 6) is -1.20. The number of carbonyl (C=O) groups is 2. The molecule has 1 aromatic heterocycles. The molecule has 0 spiro atoms. The lowest BCUT2D eigenvalue weighted by Gasteiger charge is -2.37. The Morgan fingerprint density at radius 1 is 1.03 bits per heavy atom. The molecule has 2 heterocycles. The highest BCUT2D eigenvalue weighted by Gasteiger charge is 2.30. The highest BCUT2D eigenvalue weighted by Crippen LogP contribution is 2.31. The van der Waals surface area contributed by atoms with Gasteiger partial charge in [-0.25, -0.2) is 9.18 Å². The number of amides is 1. The lowest BCUT2D eigenvalue weighted by atomic mass is 10.0. The molecule has 38 heavy (non-hydrogen) atoms. The lowest BCUT2D eigenvalue weighted by Crippen LogP contribution is -2.49. The molecule has 3 aromatic rings. The van der Waals surface area contributed by atoms with Gasteiger partial charge in [0.1, 0.15) is 11.4 Å². The monoisotopic (exact) mass is 522 g/mol. The molecule has 0 bridgehead atoms. The van der Waals surface area contributed by atoms with E-state index in [1.165, 1.54) is 24.3 Å². The zero-order valence-corrected chi connectivity index (χ0v) is 22.5. The third-order valence-corrected chi connectivity index (χ3v) is 6.83. The molecule has 0 unspecified atom stereocenters. The van der Waals surface area contributed by atoms with Crippen molar-refractivity contribution in [3.63, 3.8) is 0 Å². The van der Waals surface area contributed by atoms with Crippen LogP contribution < -0.4 is 10.5 Å². The van der Waals surface area contributed by atoms with E-state index < -0.39 is 11.8 Å². The Morgan fingerprint density at radius 3 is 2.34 bits per heavy atom. The molecule has 0 aliphatic carbocycles. The van der Waals surface area contributed by atoms with Crippen LogP contribution in [0.2, 0.25) is 0 Å². The van der Waals surface area contributed by atoms with Crippen LogP contribution in [0, 0.1) is 12.7 Å². The molecule has 8 nitrogen and oxygen atoms in total. The first-order valence-electron chi connectivity index (χ1n) is 13.0. The fourth-order valence-electron chi connectivity index (χ4n) is 4.95. The molecule has 1 fully saturated rings. The van der Waals surface area contributed by atoms with Crippen LogP contribution >= 0.6 is 0 Å². The van der Waals surface area contributed by atoms with Gasteiger partial charge in [-0.05, 0) is 77.3 Å². The van der Waals surface area contributed by atoms with Crippen LogP contribution in [-0.2, 0) is 11.3 Å². The van der Waals surface area contributed by atoms with Crippen LogP contribution in [0.4, 0.5) is 10.1 Å². The number of aryl methyl sites for hydroxylation is 2. The molecular formula is C29H35FN4O4. The maximum atomic E-state index is 13.8. The Labute approximate surface area is 222 Å². The number of hydrogen-bond acceptors (Lipinski definition) is 6. The SMILES string of the molecule is CCOC(=O)c1c(N2CCN(C(=O)c3ccc(F)cc3)CC2)c2cc(C)ccc2n(CCCN(C)C)c1=O. The van der Waals surface area contributed by atoms with Gasteiger partial charge >= 0.3 is 5.97 Å². The summed E-state index contributed by atoms with van der Waals surface area (Å²) in [7, 11) is 3.97. The first-order valence-corrected chi connectivity index (χ1v) is 13.0. The number of carbonyl (C=O) groups excluding carboxylic acids is 2. The van der Waals surface area contributed by atoms with Gasteiger partial charge in [0.25, 0.3) is 11.5 Å². The molecule has 1 aliphatic rings. The number of rotatable bonds is 8. The van der Waals surface area contributed by atoms with Crippen molar-refractivity contribution in [1.29, 1.82) is 0 Å². The van der Waals surface area contributed by atoms with E-state index in [-0.39, 0.29) is 23.6 Å². The predicted octanol–water partition coefficient (Wildman–Crippen LogP) is 3.54. The second-order valence-electron chi connectivity index (χ2n) is 9.86. The Kier molecular flexibility index (Phi) is 8.46. The third-order valence-electron chi connectivity index (χ3n) is 6.83. The maximum Gasteiger partial charge on any atom is 0.345 e. The van der Waals surface area contributed by atoms with Gasteiger partial charge in [-0.3, -0.25) is 9.59 Å². The maximum absolute atomic E-state index is 13.8. The second-order valence-corrected chi connectivity index (χ2v) is 9.86. The van der Waals surface area contributed by atoms with Crippen molar-refractivity contribution in [1.82, 2.24) is 14.4 Å². The molecule has 0 saturated carbocycles. The summed E-state index contributed by atoms with van der Waals surface area (Å²) in [6.07, 6.45) is 0.752. The minimum atomic E-state index is -0.637. The van der Waals surface area contributed by atoms with E-state index in [1.807, 2.05) is 44.1 Å². The minimum absolute atomic E-state index is 0.0353. The number of hydrogen-bond donors (Lipinski definition) is 0. The van der Waals surface area contributed by atoms with E-state index in [4.69, 9.17) is 4.74 Å². The normalized spacial score (nSPS) is 13.8. The summed E-state index contributed by atoms with van der Waals surface area (Å²) >= 11 is 0. The van der Waals surface area contributed by atoms with E-state index in [2.05, 4.69) is 4.90 Å². The number of fused-ring (bicyclic) bond motifs is 1. The Morgan fingerprint density at radius 2 is 1.71 bits per heavy atom. The molecule has 4 rings (SSSR count). The van der Waals surface area contributed by atoms with E-state index in [1.54, 1.807) is 16.4 Å². The van der Waals surface area contributed by atoms with E-state index in [9.17, 15) is 18.8 Å². The molecule has 1 amide bonds. The molecule has 0 N–H and O–H groups in total. The molecule has 202 valence electrons. The number of esters is 1. The van der Waals surface area contributed by atoms with Gasteiger partial charge in [-0.2, -0.15) is 0 Å². The lowest BCUT2D eigenvalue weighted by molar-refractivity contribution is 0.0523. The molecule has 9 heteroatoms. The van der Waals surface area contributed by atoms with Crippen molar-refractivity contribution in [2.45, 2.75) is 26.8 Å². The van der Waals surface area contributed by atoms with Gasteiger partial charge < -0.3 is 24.0 Å². The van der Waals surface area contributed by atoms with Crippen molar-refractivity contribution >= 4 is 28.5 Å². The first-order chi connectivity index (χ1) is 18.2. The van der Waals surface area contributed by atoms with Crippen LogP contribution in [-0.4, -0.2) is 79.7 Å².